The van der Waals surface area contributed by atoms with E-state index in [1.54, 1.807) is 50.2 Å². The van der Waals surface area contributed by atoms with Crippen molar-refractivity contribution in [2.24, 2.45) is 0 Å². The fraction of sp³-hybridized carbons (Fsp3) is 0.250. The molecule has 27 heavy (non-hydrogen) atoms. The molecule has 0 heterocycles. The van der Waals surface area contributed by atoms with Crippen LogP contribution in [0.4, 0.5) is 10.1 Å². The number of rotatable bonds is 7. The van der Waals surface area contributed by atoms with Gasteiger partial charge < -0.3 is 15.7 Å². The molecule has 0 aliphatic rings. The first kappa shape index (κ1) is 20.1. The summed E-state index contributed by atoms with van der Waals surface area (Å²) in [7, 11) is 0. The summed E-state index contributed by atoms with van der Waals surface area (Å²) in [4.78, 5) is 34.7. The van der Waals surface area contributed by atoms with Gasteiger partial charge in [-0.05, 0) is 49.2 Å². The molecule has 0 radical (unpaired) electrons. The van der Waals surface area contributed by atoms with Crippen molar-refractivity contribution in [2.75, 3.05) is 11.9 Å². The Balaban J connectivity index is 1.99. The first-order valence-corrected chi connectivity index (χ1v) is 8.33. The van der Waals surface area contributed by atoms with Crippen molar-refractivity contribution in [3.05, 3.63) is 65.5 Å². The second-order valence-electron chi connectivity index (χ2n) is 6.63. The number of hydrogen-bond acceptors (Lipinski definition) is 3. The van der Waals surface area contributed by atoms with E-state index in [0.717, 1.165) is 0 Å². The van der Waals surface area contributed by atoms with E-state index < -0.39 is 23.8 Å². The average molecular weight is 372 g/mol. The topological polar surface area (TPSA) is 95.5 Å². The van der Waals surface area contributed by atoms with Crippen molar-refractivity contribution < 1.29 is 23.9 Å². The van der Waals surface area contributed by atoms with Crippen LogP contribution in [-0.2, 0) is 26.2 Å². The number of amides is 2. The minimum Gasteiger partial charge on any atom is -0.480 e. The fourth-order valence-corrected chi connectivity index (χ4v) is 2.41. The predicted molar refractivity (Wildman–Crippen MR) is 98.8 cm³/mol. The number of carboxylic acids is 1. The lowest BCUT2D eigenvalue weighted by Crippen LogP contribution is -2.34. The lowest BCUT2D eigenvalue weighted by atomic mass is 9.83. The molecule has 0 saturated carbocycles. The summed E-state index contributed by atoms with van der Waals surface area (Å²) < 4.78 is 13.1. The maximum Gasteiger partial charge on any atom is 0.322 e. The quantitative estimate of drug-likeness (QED) is 0.696. The van der Waals surface area contributed by atoms with Crippen LogP contribution in [0.25, 0.3) is 0 Å². The average Bonchev–Trinajstić information content (AvgIpc) is 2.62. The van der Waals surface area contributed by atoms with Crippen LogP contribution in [0.3, 0.4) is 0 Å². The molecule has 2 amide bonds. The van der Waals surface area contributed by atoms with E-state index in [9.17, 15) is 18.8 Å². The van der Waals surface area contributed by atoms with Gasteiger partial charge in [0, 0.05) is 5.69 Å². The molecule has 0 aromatic heterocycles. The molecule has 7 heteroatoms. The monoisotopic (exact) mass is 372 g/mol. The Morgan fingerprint density at radius 2 is 1.59 bits per heavy atom. The van der Waals surface area contributed by atoms with Crippen molar-refractivity contribution in [1.29, 1.82) is 0 Å². The Hall–Kier alpha value is -3.22. The minimum atomic E-state index is -1.11. The van der Waals surface area contributed by atoms with Crippen molar-refractivity contribution in [2.45, 2.75) is 25.7 Å². The Labute approximate surface area is 156 Å². The summed E-state index contributed by atoms with van der Waals surface area (Å²) in [6.45, 7) is 3.07. The third kappa shape index (κ3) is 5.64. The van der Waals surface area contributed by atoms with E-state index in [1.807, 2.05) is 0 Å². The zero-order chi connectivity index (χ0) is 20.0. The number of carboxylic acid groups (broad SMARTS) is 1. The molecule has 142 valence electrons. The molecule has 0 saturated heterocycles. The van der Waals surface area contributed by atoms with Crippen molar-refractivity contribution in [3.8, 4) is 0 Å². The first-order chi connectivity index (χ1) is 12.7. The van der Waals surface area contributed by atoms with Gasteiger partial charge in [0.2, 0.25) is 11.8 Å². The van der Waals surface area contributed by atoms with Gasteiger partial charge in [-0.1, -0.05) is 24.3 Å². The lowest BCUT2D eigenvalue weighted by Gasteiger charge is -2.24. The normalized spacial score (nSPS) is 10.9. The highest BCUT2D eigenvalue weighted by molar-refractivity contribution is 5.98. The molecule has 2 rings (SSSR count). The van der Waals surface area contributed by atoms with Gasteiger partial charge in [0.25, 0.3) is 0 Å². The van der Waals surface area contributed by atoms with Crippen molar-refractivity contribution in [3.63, 3.8) is 0 Å². The lowest BCUT2D eigenvalue weighted by molar-refractivity contribution is -0.137. The second kappa shape index (κ2) is 8.44. The molecule has 2 aromatic rings. The number of aliphatic carboxylic acids is 1. The summed E-state index contributed by atoms with van der Waals surface area (Å²) in [5.41, 5.74) is 1.08. The van der Waals surface area contributed by atoms with Crippen LogP contribution in [-0.4, -0.2) is 29.4 Å². The number of hydrogen-bond donors (Lipinski definition) is 3. The van der Waals surface area contributed by atoms with Gasteiger partial charge in [-0.25, -0.2) is 4.39 Å². The van der Waals surface area contributed by atoms with Crippen LogP contribution in [0.15, 0.2) is 48.5 Å². The van der Waals surface area contributed by atoms with Gasteiger partial charge in [-0.2, -0.15) is 0 Å². The number of halogens is 1. The summed E-state index contributed by atoms with van der Waals surface area (Å²) in [5.74, 6) is -2.11. The Morgan fingerprint density at radius 3 is 2.15 bits per heavy atom. The summed E-state index contributed by atoms with van der Waals surface area (Å²) in [6.07, 6.45) is 0.0442. The summed E-state index contributed by atoms with van der Waals surface area (Å²) in [6, 6.07) is 12.5. The maximum absolute atomic E-state index is 13.1. The standard InChI is InChI=1S/C20H21FN2O4/c1-20(2,14-5-7-15(21)8-6-14)19(27)23-16-9-3-13(4-10-16)11-17(24)22-12-18(25)26/h3-10H,11-12H2,1-2H3,(H,22,24)(H,23,27)(H,25,26). The predicted octanol–water partition coefficient (Wildman–Crippen LogP) is 2.49. The summed E-state index contributed by atoms with van der Waals surface area (Å²) in [5, 5.41) is 13.6. The van der Waals surface area contributed by atoms with E-state index >= 15 is 0 Å². The molecule has 3 N–H and O–H groups in total. The SMILES string of the molecule is CC(C)(C(=O)Nc1ccc(CC(=O)NCC(=O)O)cc1)c1ccc(F)cc1. The molecule has 2 aromatic carbocycles. The molecule has 0 fully saturated rings. The van der Waals surface area contributed by atoms with Crippen molar-refractivity contribution in [1.82, 2.24) is 5.32 Å². The van der Waals surface area contributed by atoms with E-state index in [4.69, 9.17) is 5.11 Å². The van der Waals surface area contributed by atoms with E-state index in [1.165, 1.54) is 12.1 Å². The molecular weight excluding hydrogens is 351 g/mol. The number of carbonyl (C=O) groups is 3. The highest BCUT2D eigenvalue weighted by atomic mass is 19.1. The van der Waals surface area contributed by atoms with E-state index in [-0.39, 0.29) is 18.1 Å². The van der Waals surface area contributed by atoms with Crippen molar-refractivity contribution >= 4 is 23.5 Å². The molecule has 0 unspecified atom stereocenters. The van der Waals surface area contributed by atoms with Crippen LogP contribution < -0.4 is 10.6 Å². The number of anilines is 1. The zero-order valence-corrected chi connectivity index (χ0v) is 15.1. The largest absolute Gasteiger partial charge is 0.480 e. The van der Waals surface area contributed by atoms with Gasteiger partial charge in [0.15, 0.2) is 0 Å². The van der Waals surface area contributed by atoms with Crippen LogP contribution >= 0.6 is 0 Å². The zero-order valence-electron chi connectivity index (χ0n) is 15.1. The third-order valence-electron chi connectivity index (χ3n) is 4.15. The number of benzene rings is 2. The highest BCUT2D eigenvalue weighted by Crippen LogP contribution is 2.25. The van der Waals surface area contributed by atoms with Crippen LogP contribution in [0.5, 0.6) is 0 Å². The van der Waals surface area contributed by atoms with Crippen LogP contribution in [0.2, 0.25) is 0 Å². The van der Waals surface area contributed by atoms with Crippen LogP contribution in [0.1, 0.15) is 25.0 Å². The Bertz CT molecular complexity index is 830. The molecule has 0 bridgehead atoms. The molecule has 0 spiro atoms. The fourth-order valence-electron chi connectivity index (χ4n) is 2.41. The van der Waals surface area contributed by atoms with E-state index in [2.05, 4.69) is 10.6 Å². The Kier molecular flexibility index (Phi) is 6.28. The van der Waals surface area contributed by atoms with E-state index in [0.29, 0.717) is 16.8 Å². The second-order valence-corrected chi connectivity index (χ2v) is 6.63. The molecule has 0 aliphatic carbocycles. The maximum atomic E-state index is 13.1. The van der Waals surface area contributed by atoms with Gasteiger partial charge >= 0.3 is 5.97 Å². The van der Waals surface area contributed by atoms with Gasteiger partial charge in [-0.3, -0.25) is 14.4 Å². The molecule has 0 atom stereocenters. The molecule has 0 aliphatic heterocycles. The minimum absolute atomic E-state index is 0.0442. The highest BCUT2D eigenvalue weighted by Gasteiger charge is 2.29. The number of carbonyl (C=O) groups excluding carboxylic acids is 2. The summed E-state index contributed by atoms with van der Waals surface area (Å²) >= 11 is 0. The Morgan fingerprint density at radius 1 is 1.00 bits per heavy atom. The van der Waals surface area contributed by atoms with Gasteiger partial charge in [-0.15, -0.1) is 0 Å². The van der Waals surface area contributed by atoms with Gasteiger partial charge in [0.05, 0.1) is 11.8 Å². The molecule has 6 nitrogen and oxygen atoms in total. The first-order valence-electron chi connectivity index (χ1n) is 8.33. The molecular formula is C20H21FN2O4. The van der Waals surface area contributed by atoms with Gasteiger partial charge in [0.1, 0.15) is 12.4 Å². The number of nitrogens with one attached hydrogen (secondary N) is 2. The smallest absolute Gasteiger partial charge is 0.322 e. The third-order valence-corrected chi connectivity index (χ3v) is 4.15. The van der Waals surface area contributed by atoms with Crippen LogP contribution in [0, 0.1) is 5.82 Å².